The van der Waals surface area contributed by atoms with Gasteiger partial charge in [0.15, 0.2) is 6.04 Å². The summed E-state index contributed by atoms with van der Waals surface area (Å²) in [6.07, 6.45) is 0. The first kappa shape index (κ1) is 18.2. The van der Waals surface area contributed by atoms with E-state index in [1.54, 1.807) is 0 Å². The van der Waals surface area contributed by atoms with Crippen LogP contribution in [0.15, 0.2) is 36.4 Å². The van der Waals surface area contributed by atoms with Crippen molar-refractivity contribution in [2.75, 3.05) is 12.4 Å². The topological polar surface area (TPSA) is 33.5 Å². The average Bonchev–Trinajstić information content (AvgIpc) is 2.52. The molecule has 0 saturated carbocycles. The van der Waals surface area contributed by atoms with Crippen molar-refractivity contribution in [3.63, 3.8) is 0 Å². The Labute approximate surface area is 145 Å². The van der Waals surface area contributed by atoms with Crippen LogP contribution in [-0.4, -0.2) is 19.0 Å². The van der Waals surface area contributed by atoms with Gasteiger partial charge in [0.1, 0.15) is 6.54 Å². The normalized spacial score (nSPS) is 13.4. The summed E-state index contributed by atoms with van der Waals surface area (Å²) in [5.74, 6) is 0.0645. The number of carbonyl (C=O) groups excluding carboxylic acids is 1. The molecule has 0 radical (unpaired) electrons. The predicted molar refractivity (Wildman–Crippen MR) is 101 cm³/mol. The predicted octanol–water partition coefficient (Wildman–Crippen LogP) is 2.96. The molecule has 128 valence electrons. The lowest BCUT2D eigenvalue weighted by Gasteiger charge is -2.22. The number of quaternary nitrogens is 1. The number of amides is 1. The highest BCUT2D eigenvalue weighted by Gasteiger charge is 2.23. The van der Waals surface area contributed by atoms with Gasteiger partial charge in [0.2, 0.25) is 0 Å². The smallest absolute Gasteiger partial charge is 0.282 e. The summed E-state index contributed by atoms with van der Waals surface area (Å²) in [5.41, 5.74) is 6.90. The molecule has 0 spiro atoms. The quantitative estimate of drug-likeness (QED) is 0.871. The summed E-state index contributed by atoms with van der Waals surface area (Å²) in [5, 5.41) is 3.12. The molecule has 0 aliphatic heterocycles. The third-order valence-electron chi connectivity index (χ3n) is 4.66. The highest BCUT2D eigenvalue weighted by Crippen LogP contribution is 2.21. The Hall–Kier alpha value is -2.13. The molecule has 0 fully saturated rings. The maximum atomic E-state index is 12.7. The van der Waals surface area contributed by atoms with E-state index in [1.165, 1.54) is 21.6 Å². The second kappa shape index (κ2) is 7.63. The molecule has 0 bridgehead atoms. The zero-order valence-electron chi connectivity index (χ0n) is 15.7. The number of nitrogens with one attached hydrogen (secondary N) is 2. The zero-order chi connectivity index (χ0) is 17.9. The first-order chi connectivity index (χ1) is 11.3. The van der Waals surface area contributed by atoms with Gasteiger partial charge >= 0.3 is 0 Å². The fraction of sp³-hybridized carbons (Fsp3) is 0.381. The van der Waals surface area contributed by atoms with Crippen molar-refractivity contribution in [2.45, 2.75) is 47.2 Å². The van der Waals surface area contributed by atoms with E-state index in [0.29, 0.717) is 0 Å². The van der Waals surface area contributed by atoms with Crippen molar-refractivity contribution in [3.05, 3.63) is 64.2 Å². The number of benzene rings is 2. The number of rotatable bonds is 5. The SMILES string of the molecule is Cc1ccc(C[NH+](C)[C@@H](C)C(=O)Nc2c(C)cc(C)cc2C)cc1. The highest BCUT2D eigenvalue weighted by molar-refractivity contribution is 5.95. The van der Waals surface area contributed by atoms with Crippen molar-refractivity contribution in [3.8, 4) is 0 Å². The van der Waals surface area contributed by atoms with Crippen molar-refractivity contribution in [1.29, 1.82) is 0 Å². The Kier molecular flexibility index (Phi) is 5.79. The van der Waals surface area contributed by atoms with E-state index in [2.05, 4.69) is 62.6 Å². The number of anilines is 1. The van der Waals surface area contributed by atoms with Gasteiger partial charge in [0.05, 0.1) is 7.05 Å². The van der Waals surface area contributed by atoms with E-state index >= 15 is 0 Å². The van der Waals surface area contributed by atoms with Crippen LogP contribution in [0.3, 0.4) is 0 Å². The molecule has 1 unspecified atom stereocenters. The van der Waals surface area contributed by atoms with E-state index < -0.39 is 0 Å². The number of carbonyl (C=O) groups is 1. The van der Waals surface area contributed by atoms with Crippen molar-refractivity contribution in [2.24, 2.45) is 0 Å². The largest absolute Gasteiger partial charge is 0.324 e. The first-order valence-electron chi connectivity index (χ1n) is 8.54. The van der Waals surface area contributed by atoms with Crippen LogP contribution < -0.4 is 10.2 Å². The summed E-state index contributed by atoms with van der Waals surface area (Å²) < 4.78 is 0. The van der Waals surface area contributed by atoms with Gasteiger partial charge in [0, 0.05) is 11.3 Å². The fourth-order valence-corrected chi connectivity index (χ4v) is 3.01. The molecular formula is C21H29N2O+. The number of aryl methyl sites for hydroxylation is 4. The lowest BCUT2D eigenvalue weighted by atomic mass is 10.0. The Morgan fingerprint density at radius 2 is 1.54 bits per heavy atom. The molecule has 24 heavy (non-hydrogen) atoms. The number of hydrogen-bond donors (Lipinski definition) is 2. The second-order valence-electron chi connectivity index (χ2n) is 6.99. The van der Waals surface area contributed by atoms with E-state index in [0.717, 1.165) is 23.4 Å². The van der Waals surface area contributed by atoms with Crippen molar-refractivity contribution < 1.29 is 9.69 Å². The Balaban J connectivity index is 2.05. The highest BCUT2D eigenvalue weighted by atomic mass is 16.2. The molecule has 2 aromatic rings. The molecule has 1 amide bonds. The summed E-state index contributed by atoms with van der Waals surface area (Å²) in [4.78, 5) is 13.8. The van der Waals surface area contributed by atoms with E-state index in [-0.39, 0.29) is 11.9 Å². The summed E-state index contributed by atoms with van der Waals surface area (Å²) in [6.45, 7) is 11.1. The fourth-order valence-electron chi connectivity index (χ4n) is 3.01. The Morgan fingerprint density at radius 1 is 1.00 bits per heavy atom. The third-order valence-corrected chi connectivity index (χ3v) is 4.66. The first-order valence-corrected chi connectivity index (χ1v) is 8.54. The average molecular weight is 325 g/mol. The maximum absolute atomic E-state index is 12.7. The molecular weight excluding hydrogens is 296 g/mol. The molecule has 2 N–H and O–H groups in total. The Bertz CT molecular complexity index is 696. The molecule has 0 aliphatic carbocycles. The molecule has 2 aromatic carbocycles. The van der Waals surface area contributed by atoms with Gasteiger partial charge in [0.25, 0.3) is 5.91 Å². The van der Waals surface area contributed by atoms with E-state index in [9.17, 15) is 4.79 Å². The standard InChI is InChI=1S/C21H28N2O/c1-14-7-9-19(10-8-14)13-23(6)18(5)21(24)22-20-16(3)11-15(2)12-17(20)4/h7-12,18H,13H2,1-6H3,(H,22,24)/p+1/t18-/m0/s1. The molecule has 2 rings (SSSR count). The van der Waals surface area contributed by atoms with Gasteiger partial charge in [-0.05, 0) is 45.7 Å². The van der Waals surface area contributed by atoms with Crippen LogP contribution in [0.5, 0.6) is 0 Å². The van der Waals surface area contributed by atoms with E-state index in [1.807, 2.05) is 20.8 Å². The second-order valence-corrected chi connectivity index (χ2v) is 6.99. The van der Waals surface area contributed by atoms with Crippen LogP contribution in [0.25, 0.3) is 0 Å². The van der Waals surface area contributed by atoms with Gasteiger partial charge in [-0.3, -0.25) is 4.79 Å². The molecule has 2 atom stereocenters. The van der Waals surface area contributed by atoms with Crippen molar-refractivity contribution in [1.82, 2.24) is 0 Å². The van der Waals surface area contributed by atoms with Crippen LogP contribution in [0, 0.1) is 27.7 Å². The van der Waals surface area contributed by atoms with Crippen LogP contribution in [0.4, 0.5) is 5.69 Å². The number of likely N-dealkylation sites (N-methyl/N-ethyl adjacent to an activating group) is 1. The van der Waals surface area contributed by atoms with Gasteiger partial charge in [-0.15, -0.1) is 0 Å². The summed E-state index contributed by atoms with van der Waals surface area (Å²) in [7, 11) is 2.07. The molecule has 0 heterocycles. The number of hydrogen-bond acceptors (Lipinski definition) is 1. The monoisotopic (exact) mass is 325 g/mol. The van der Waals surface area contributed by atoms with Crippen LogP contribution in [0.1, 0.15) is 34.7 Å². The minimum atomic E-state index is -0.119. The molecule has 0 aliphatic rings. The van der Waals surface area contributed by atoms with Crippen LogP contribution in [0.2, 0.25) is 0 Å². The van der Waals surface area contributed by atoms with Crippen molar-refractivity contribution >= 4 is 11.6 Å². The molecule has 3 nitrogen and oxygen atoms in total. The maximum Gasteiger partial charge on any atom is 0.282 e. The third kappa shape index (κ3) is 4.45. The van der Waals surface area contributed by atoms with Gasteiger partial charge in [-0.25, -0.2) is 0 Å². The lowest BCUT2D eigenvalue weighted by Crippen LogP contribution is -3.12. The molecule has 3 heteroatoms. The van der Waals surface area contributed by atoms with Gasteiger partial charge in [-0.1, -0.05) is 47.5 Å². The summed E-state index contributed by atoms with van der Waals surface area (Å²) >= 11 is 0. The van der Waals surface area contributed by atoms with Crippen LogP contribution >= 0.6 is 0 Å². The minimum absolute atomic E-state index is 0.0645. The summed E-state index contributed by atoms with van der Waals surface area (Å²) in [6, 6.07) is 12.6. The van der Waals surface area contributed by atoms with Gasteiger partial charge < -0.3 is 10.2 Å². The molecule has 0 aromatic heterocycles. The van der Waals surface area contributed by atoms with Gasteiger partial charge in [-0.2, -0.15) is 0 Å². The zero-order valence-corrected chi connectivity index (χ0v) is 15.7. The minimum Gasteiger partial charge on any atom is -0.324 e. The lowest BCUT2D eigenvalue weighted by molar-refractivity contribution is -0.907. The Morgan fingerprint density at radius 3 is 2.08 bits per heavy atom. The van der Waals surface area contributed by atoms with Crippen LogP contribution in [-0.2, 0) is 11.3 Å². The molecule has 0 saturated heterocycles. The van der Waals surface area contributed by atoms with E-state index in [4.69, 9.17) is 0 Å².